The minimum absolute atomic E-state index is 0.00359. The summed E-state index contributed by atoms with van der Waals surface area (Å²) in [5.41, 5.74) is 0. The Hall–Kier alpha value is -1.41. The zero-order valence-electron chi connectivity index (χ0n) is 11.4. The van der Waals surface area contributed by atoms with Crippen LogP contribution >= 0.6 is 0 Å². The molecule has 1 aromatic rings. The topological polar surface area (TPSA) is 92.5 Å². The van der Waals surface area contributed by atoms with E-state index < -0.39 is 16.0 Å². The highest BCUT2D eigenvalue weighted by Crippen LogP contribution is 2.24. The molecule has 7 nitrogen and oxygen atoms in total. The van der Waals surface area contributed by atoms with Crippen molar-refractivity contribution < 1.29 is 18.3 Å². The molecule has 0 bridgehead atoms. The van der Waals surface area contributed by atoms with E-state index in [9.17, 15) is 13.2 Å². The van der Waals surface area contributed by atoms with E-state index in [1.165, 1.54) is 21.4 Å². The Morgan fingerprint density at radius 1 is 1.50 bits per heavy atom. The van der Waals surface area contributed by atoms with Crippen LogP contribution in [0.4, 0.5) is 0 Å². The van der Waals surface area contributed by atoms with Gasteiger partial charge in [0.15, 0.2) is 0 Å². The number of aromatic nitrogens is 2. The zero-order chi connectivity index (χ0) is 14.8. The van der Waals surface area contributed by atoms with Crippen molar-refractivity contribution in [2.75, 3.05) is 6.54 Å². The largest absolute Gasteiger partial charge is 0.481 e. The minimum atomic E-state index is -3.53. The predicted molar refractivity (Wildman–Crippen MR) is 71.7 cm³/mol. The molecule has 2 heterocycles. The molecule has 0 saturated carbocycles. The van der Waals surface area contributed by atoms with Gasteiger partial charge in [-0.25, -0.2) is 8.42 Å². The highest BCUT2D eigenvalue weighted by atomic mass is 32.2. The Balaban J connectivity index is 2.15. The van der Waals surface area contributed by atoms with Gasteiger partial charge < -0.3 is 5.11 Å². The fourth-order valence-corrected chi connectivity index (χ4v) is 4.03. The van der Waals surface area contributed by atoms with Crippen LogP contribution in [-0.4, -0.2) is 46.2 Å². The molecular weight excluding hydrogens is 282 g/mol. The van der Waals surface area contributed by atoms with E-state index >= 15 is 0 Å². The molecule has 0 spiro atoms. The van der Waals surface area contributed by atoms with Crippen LogP contribution in [-0.2, 0) is 21.4 Å². The molecule has 1 fully saturated rings. The van der Waals surface area contributed by atoms with Crippen LogP contribution in [0, 0.1) is 0 Å². The number of aryl methyl sites for hydroxylation is 1. The fourth-order valence-electron chi connectivity index (χ4n) is 2.37. The van der Waals surface area contributed by atoms with Crippen molar-refractivity contribution in [3.05, 3.63) is 12.4 Å². The third-order valence-electron chi connectivity index (χ3n) is 3.51. The molecule has 1 N–H and O–H groups in total. The van der Waals surface area contributed by atoms with E-state index in [2.05, 4.69) is 5.10 Å². The summed E-state index contributed by atoms with van der Waals surface area (Å²) < 4.78 is 27.9. The van der Waals surface area contributed by atoms with E-state index in [1.807, 2.05) is 6.92 Å². The predicted octanol–water partition coefficient (Wildman–Crippen LogP) is 0.921. The molecule has 0 aliphatic carbocycles. The van der Waals surface area contributed by atoms with Crippen LogP contribution in [0.5, 0.6) is 0 Å². The molecule has 2 rings (SSSR count). The lowest BCUT2D eigenvalue weighted by Gasteiger charge is -2.31. The zero-order valence-corrected chi connectivity index (χ0v) is 12.2. The first kappa shape index (κ1) is 15.0. The maximum absolute atomic E-state index is 12.5. The van der Waals surface area contributed by atoms with Gasteiger partial charge in [0, 0.05) is 18.8 Å². The van der Waals surface area contributed by atoms with Crippen LogP contribution in [0.1, 0.15) is 32.6 Å². The number of carbonyl (C=O) groups is 1. The molecule has 1 saturated heterocycles. The van der Waals surface area contributed by atoms with Gasteiger partial charge in [-0.1, -0.05) is 6.42 Å². The molecule has 20 heavy (non-hydrogen) atoms. The normalized spacial score (nSPS) is 20.9. The molecular formula is C12H19N3O4S. The minimum Gasteiger partial charge on any atom is -0.481 e. The van der Waals surface area contributed by atoms with Crippen molar-refractivity contribution in [3.8, 4) is 0 Å². The van der Waals surface area contributed by atoms with Crippen molar-refractivity contribution in [2.24, 2.45) is 0 Å². The smallest absolute Gasteiger partial charge is 0.305 e. The number of hydrogen-bond acceptors (Lipinski definition) is 4. The fraction of sp³-hybridized carbons (Fsp3) is 0.667. The standard InChI is InChI=1S/C12H19N3O4S/c1-10-4-2-3-6-15(10)20(18,19)11-8-13-14(9-11)7-5-12(16)17/h8-10H,2-7H2,1H3,(H,16,17). The molecule has 0 radical (unpaired) electrons. The Morgan fingerprint density at radius 3 is 2.90 bits per heavy atom. The molecule has 1 unspecified atom stereocenters. The van der Waals surface area contributed by atoms with E-state index in [4.69, 9.17) is 5.11 Å². The number of piperidine rings is 1. The lowest BCUT2D eigenvalue weighted by atomic mass is 10.1. The third-order valence-corrected chi connectivity index (χ3v) is 5.48. The van der Waals surface area contributed by atoms with Gasteiger partial charge in [-0.15, -0.1) is 0 Å². The molecule has 1 aliphatic heterocycles. The van der Waals surface area contributed by atoms with Crippen LogP contribution in [0.2, 0.25) is 0 Å². The van der Waals surface area contributed by atoms with Gasteiger partial charge in [0.1, 0.15) is 4.90 Å². The van der Waals surface area contributed by atoms with Crippen LogP contribution in [0.3, 0.4) is 0 Å². The van der Waals surface area contributed by atoms with E-state index in [0.717, 1.165) is 19.3 Å². The van der Waals surface area contributed by atoms with Crippen LogP contribution in [0.15, 0.2) is 17.3 Å². The lowest BCUT2D eigenvalue weighted by molar-refractivity contribution is -0.137. The first-order valence-corrected chi connectivity index (χ1v) is 8.11. The van der Waals surface area contributed by atoms with Gasteiger partial charge in [-0.2, -0.15) is 9.40 Å². The SMILES string of the molecule is CC1CCCCN1S(=O)(=O)c1cnn(CCC(=O)O)c1. The number of carboxylic acid groups (broad SMARTS) is 1. The average molecular weight is 301 g/mol. The quantitative estimate of drug-likeness (QED) is 0.873. The maximum Gasteiger partial charge on any atom is 0.305 e. The van der Waals surface area contributed by atoms with Crippen molar-refractivity contribution in [3.63, 3.8) is 0 Å². The lowest BCUT2D eigenvalue weighted by Crippen LogP contribution is -2.41. The number of aliphatic carboxylic acids is 1. The van der Waals surface area contributed by atoms with E-state index in [0.29, 0.717) is 6.54 Å². The second-order valence-electron chi connectivity index (χ2n) is 5.04. The van der Waals surface area contributed by atoms with Gasteiger partial charge >= 0.3 is 5.97 Å². The highest BCUT2D eigenvalue weighted by Gasteiger charge is 2.31. The first-order chi connectivity index (χ1) is 9.41. The summed E-state index contributed by atoms with van der Waals surface area (Å²) in [6.07, 6.45) is 5.40. The third kappa shape index (κ3) is 3.18. The number of rotatable bonds is 5. The summed E-state index contributed by atoms with van der Waals surface area (Å²) in [5, 5.41) is 12.5. The van der Waals surface area contributed by atoms with Crippen LogP contribution < -0.4 is 0 Å². The molecule has 112 valence electrons. The Labute approximate surface area is 118 Å². The summed E-state index contributed by atoms with van der Waals surface area (Å²) in [7, 11) is -3.53. The summed E-state index contributed by atoms with van der Waals surface area (Å²) in [6.45, 7) is 2.61. The monoisotopic (exact) mass is 301 g/mol. The summed E-state index contributed by atoms with van der Waals surface area (Å²) >= 11 is 0. The Morgan fingerprint density at radius 2 is 2.25 bits per heavy atom. The number of carboxylic acids is 1. The van der Waals surface area contributed by atoms with Crippen molar-refractivity contribution in [2.45, 2.75) is 50.1 Å². The molecule has 0 aromatic carbocycles. The van der Waals surface area contributed by atoms with Crippen molar-refractivity contribution in [1.29, 1.82) is 0 Å². The number of nitrogens with zero attached hydrogens (tertiary/aromatic N) is 3. The Kier molecular flexibility index (Phi) is 4.44. The van der Waals surface area contributed by atoms with Crippen LogP contribution in [0.25, 0.3) is 0 Å². The maximum atomic E-state index is 12.5. The Bertz CT molecular complexity index is 581. The average Bonchev–Trinajstić information content (AvgIpc) is 2.86. The van der Waals surface area contributed by atoms with Crippen molar-refractivity contribution >= 4 is 16.0 Å². The molecule has 1 atom stereocenters. The highest BCUT2D eigenvalue weighted by molar-refractivity contribution is 7.89. The molecule has 0 amide bonds. The van der Waals surface area contributed by atoms with Gasteiger partial charge in [0.05, 0.1) is 19.2 Å². The van der Waals surface area contributed by atoms with Gasteiger partial charge in [-0.05, 0) is 19.8 Å². The second kappa shape index (κ2) is 5.92. The second-order valence-corrected chi connectivity index (χ2v) is 6.93. The van der Waals surface area contributed by atoms with Crippen molar-refractivity contribution in [1.82, 2.24) is 14.1 Å². The van der Waals surface area contributed by atoms with Gasteiger partial charge in [0.2, 0.25) is 10.0 Å². The number of sulfonamides is 1. The van der Waals surface area contributed by atoms with E-state index in [-0.39, 0.29) is 23.9 Å². The molecule has 8 heteroatoms. The summed E-state index contributed by atoms with van der Waals surface area (Å²) in [6, 6.07) is -0.00359. The summed E-state index contributed by atoms with van der Waals surface area (Å²) in [5.74, 6) is -0.936. The first-order valence-electron chi connectivity index (χ1n) is 6.67. The van der Waals surface area contributed by atoms with Gasteiger partial charge in [-0.3, -0.25) is 9.48 Å². The summed E-state index contributed by atoms with van der Waals surface area (Å²) in [4.78, 5) is 10.6. The molecule has 1 aliphatic rings. The van der Waals surface area contributed by atoms with E-state index in [1.54, 1.807) is 0 Å². The molecule has 1 aromatic heterocycles. The number of hydrogen-bond donors (Lipinski definition) is 1. The van der Waals surface area contributed by atoms with Gasteiger partial charge in [0.25, 0.3) is 0 Å².